The molecule has 0 aliphatic carbocycles. The zero-order valence-corrected chi connectivity index (χ0v) is 15.5. The number of halogens is 1. The number of H-pyrrole nitrogens is 1. The first-order valence-corrected chi connectivity index (χ1v) is 9.30. The molecule has 1 aromatic heterocycles. The molecule has 0 aliphatic rings. The van der Waals surface area contributed by atoms with E-state index in [9.17, 15) is 0 Å². The Bertz CT molecular complexity index is 1030. The van der Waals surface area contributed by atoms with Crippen molar-refractivity contribution < 1.29 is 4.74 Å². The van der Waals surface area contributed by atoms with Crippen molar-refractivity contribution in [1.29, 1.82) is 0 Å². The number of ether oxygens (including phenoxy) is 1. The van der Waals surface area contributed by atoms with Crippen molar-refractivity contribution >= 4 is 22.6 Å². The first kappa shape index (κ1) is 17.6. The molecule has 4 aromatic rings. The summed E-state index contributed by atoms with van der Waals surface area (Å²) in [7, 11) is 0. The molecule has 4 rings (SSSR count). The van der Waals surface area contributed by atoms with E-state index >= 15 is 0 Å². The van der Waals surface area contributed by atoms with Crippen molar-refractivity contribution in [3.63, 3.8) is 0 Å². The number of nitrogens with one attached hydrogen (secondary N) is 2. The van der Waals surface area contributed by atoms with E-state index in [1.807, 2.05) is 48.5 Å². The fourth-order valence-electron chi connectivity index (χ4n) is 2.95. The van der Waals surface area contributed by atoms with Gasteiger partial charge in [0.2, 0.25) is 0 Å². The van der Waals surface area contributed by atoms with Crippen LogP contribution in [0.1, 0.15) is 11.1 Å². The first-order valence-electron chi connectivity index (χ1n) is 8.92. The number of aromatic amines is 1. The Balaban J connectivity index is 1.29. The Labute approximate surface area is 163 Å². The highest BCUT2D eigenvalue weighted by molar-refractivity contribution is 6.31. The van der Waals surface area contributed by atoms with E-state index in [-0.39, 0.29) is 0 Å². The molecule has 3 aromatic carbocycles. The molecule has 0 unspecified atom stereocenters. The molecule has 0 saturated carbocycles. The van der Waals surface area contributed by atoms with Gasteiger partial charge in [-0.1, -0.05) is 41.9 Å². The van der Waals surface area contributed by atoms with Crippen LogP contribution in [-0.2, 0) is 13.0 Å². The number of rotatable bonds is 7. The van der Waals surface area contributed by atoms with Gasteiger partial charge in [0.05, 0.1) is 17.4 Å². The van der Waals surface area contributed by atoms with Gasteiger partial charge in [-0.3, -0.25) is 0 Å². The molecule has 1 heterocycles. The van der Waals surface area contributed by atoms with Gasteiger partial charge in [0.1, 0.15) is 11.5 Å². The summed E-state index contributed by atoms with van der Waals surface area (Å²) in [6.07, 6.45) is 2.60. The fraction of sp³-hybridized carbons (Fsp3) is 0.136. The van der Waals surface area contributed by atoms with E-state index in [2.05, 4.69) is 33.5 Å². The van der Waals surface area contributed by atoms with Crippen molar-refractivity contribution in [2.45, 2.75) is 13.0 Å². The third-order valence-corrected chi connectivity index (χ3v) is 4.78. The number of imidazole rings is 1. The van der Waals surface area contributed by atoms with Gasteiger partial charge in [0, 0.05) is 17.6 Å². The van der Waals surface area contributed by atoms with Gasteiger partial charge in [0.25, 0.3) is 0 Å². The highest BCUT2D eigenvalue weighted by atomic mass is 35.5. The van der Waals surface area contributed by atoms with Crippen LogP contribution in [0.4, 0.5) is 0 Å². The van der Waals surface area contributed by atoms with Gasteiger partial charge in [-0.25, -0.2) is 4.98 Å². The lowest BCUT2D eigenvalue weighted by Crippen LogP contribution is -2.16. The molecule has 0 atom stereocenters. The normalized spacial score (nSPS) is 11.0. The van der Waals surface area contributed by atoms with Gasteiger partial charge >= 0.3 is 0 Å². The van der Waals surface area contributed by atoms with E-state index in [1.54, 1.807) is 6.33 Å². The van der Waals surface area contributed by atoms with Crippen LogP contribution < -0.4 is 10.1 Å². The molecule has 0 fully saturated rings. The van der Waals surface area contributed by atoms with Crippen LogP contribution in [0.15, 0.2) is 73.1 Å². The summed E-state index contributed by atoms with van der Waals surface area (Å²) in [6.45, 7) is 1.69. The third-order valence-electron chi connectivity index (χ3n) is 4.41. The predicted molar refractivity (Wildman–Crippen MR) is 109 cm³/mol. The minimum absolute atomic E-state index is 0.789. The maximum Gasteiger partial charge on any atom is 0.129 e. The van der Waals surface area contributed by atoms with Crippen LogP contribution in [0.5, 0.6) is 11.5 Å². The number of aromatic nitrogens is 2. The van der Waals surface area contributed by atoms with E-state index in [4.69, 9.17) is 16.3 Å². The molecule has 0 spiro atoms. The standard InChI is InChI=1S/C22H20ClN3O/c23-20-4-2-1-3-17(20)11-12-24-14-16-5-7-18(8-6-16)27-19-9-10-21-22(13-19)26-15-25-21/h1-10,13,15,24H,11-12,14H2,(H,25,26). The van der Waals surface area contributed by atoms with Crippen molar-refractivity contribution in [3.05, 3.63) is 89.2 Å². The molecule has 2 N–H and O–H groups in total. The second-order valence-corrected chi connectivity index (χ2v) is 6.75. The van der Waals surface area contributed by atoms with Crippen LogP contribution in [0.25, 0.3) is 11.0 Å². The Morgan fingerprint density at radius 1 is 0.963 bits per heavy atom. The van der Waals surface area contributed by atoms with Gasteiger partial charge in [-0.05, 0) is 54.4 Å². The molecule has 5 heteroatoms. The van der Waals surface area contributed by atoms with Crippen LogP contribution in [0.3, 0.4) is 0 Å². The minimum Gasteiger partial charge on any atom is -0.457 e. The summed E-state index contributed by atoms with van der Waals surface area (Å²) in [6, 6.07) is 21.9. The smallest absolute Gasteiger partial charge is 0.129 e. The van der Waals surface area contributed by atoms with E-state index in [0.29, 0.717) is 0 Å². The largest absolute Gasteiger partial charge is 0.457 e. The van der Waals surface area contributed by atoms with E-state index < -0.39 is 0 Å². The van der Waals surface area contributed by atoms with Crippen molar-refractivity contribution in [2.75, 3.05) is 6.54 Å². The third kappa shape index (κ3) is 4.48. The maximum absolute atomic E-state index is 6.18. The van der Waals surface area contributed by atoms with Crippen LogP contribution in [0, 0.1) is 0 Å². The Morgan fingerprint density at radius 3 is 2.63 bits per heavy atom. The van der Waals surface area contributed by atoms with Crippen molar-refractivity contribution in [3.8, 4) is 11.5 Å². The van der Waals surface area contributed by atoms with Gasteiger partial charge in [-0.2, -0.15) is 0 Å². The van der Waals surface area contributed by atoms with Crippen LogP contribution in [-0.4, -0.2) is 16.5 Å². The monoisotopic (exact) mass is 377 g/mol. The molecule has 0 radical (unpaired) electrons. The molecule has 27 heavy (non-hydrogen) atoms. The average Bonchev–Trinajstić information content (AvgIpc) is 3.16. The molecule has 136 valence electrons. The molecule has 0 bridgehead atoms. The minimum atomic E-state index is 0.789. The zero-order chi connectivity index (χ0) is 18.5. The summed E-state index contributed by atoms with van der Waals surface area (Å²) in [5, 5.41) is 4.28. The molecular formula is C22H20ClN3O. The number of nitrogens with zero attached hydrogens (tertiary/aromatic N) is 1. The second-order valence-electron chi connectivity index (χ2n) is 6.35. The Morgan fingerprint density at radius 2 is 1.78 bits per heavy atom. The number of hydrogen-bond donors (Lipinski definition) is 2. The number of hydrogen-bond acceptors (Lipinski definition) is 3. The summed E-state index contributed by atoms with van der Waals surface area (Å²) in [5.74, 6) is 1.60. The summed E-state index contributed by atoms with van der Waals surface area (Å²) >= 11 is 6.18. The van der Waals surface area contributed by atoms with Crippen LogP contribution in [0.2, 0.25) is 5.02 Å². The SMILES string of the molecule is Clc1ccccc1CCNCc1ccc(Oc2ccc3nc[nH]c3c2)cc1. The fourth-order valence-corrected chi connectivity index (χ4v) is 3.18. The summed E-state index contributed by atoms with van der Waals surface area (Å²) in [4.78, 5) is 7.30. The molecule has 0 amide bonds. The molecule has 4 nitrogen and oxygen atoms in total. The quantitative estimate of drug-likeness (QED) is 0.427. The van der Waals surface area contributed by atoms with Crippen LogP contribution >= 0.6 is 11.6 Å². The average molecular weight is 378 g/mol. The highest BCUT2D eigenvalue weighted by Crippen LogP contribution is 2.24. The molecule has 0 saturated heterocycles. The molecular weight excluding hydrogens is 358 g/mol. The second kappa shape index (κ2) is 8.25. The van der Waals surface area contributed by atoms with Crippen molar-refractivity contribution in [1.82, 2.24) is 15.3 Å². The first-order chi connectivity index (χ1) is 13.3. The van der Waals surface area contributed by atoms with Gasteiger partial charge in [0.15, 0.2) is 0 Å². The number of benzene rings is 3. The Kier molecular flexibility index (Phi) is 5.37. The lowest BCUT2D eigenvalue weighted by molar-refractivity contribution is 0.483. The lowest BCUT2D eigenvalue weighted by atomic mass is 10.1. The van der Waals surface area contributed by atoms with Crippen molar-refractivity contribution in [2.24, 2.45) is 0 Å². The summed E-state index contributed by atoms with van der Waals surface area (Å²) < 4.78 is 5.92. The van der Waals surface area contributed by atoms with E-state index in [0.717, 1.165) is 47.1 Å². The predicted octanol–water partition coefficient (Wildman–Crippen LogP) is 5.34. The summed E-state index contributed by atoms with van der Waals surface area (Å²) in [5.41, 5.74) is 4.28. The topological polar surface area (TPSA) is 49.9 Å². The maximum atomic E-state index is 6.18. The zero-order valence-electron chi connectivity index (χ0n) is 14.8. The van der Waals surface area contributed by atoms with Gasteiger partial charge in [-0.15, -0.1) is 0 Å². The van der Waals surface area contributed by atoms with E-state index in [1.165, 1.54) is 11.1 Å². The molecule has 0 aliphatic heterocycles. The number of fused-ring (bicyclic) bond motifs is 1. The Hall–Kier alpha value is -2.82. The van der Waals surface area contributed by atoms with Gasteiger partial charge < -0.3 is 15.0 Å². The lowest BCUT2D eigenvalue weighted by Gasteiger charge is -2.09. The highest BCUT2D eigenvalue weighted by Gasteiger charge is 2.02.